The largest absolute Gasteiger partial charge is 0.395 e. The first-order chi connectivity index (χ1) is 10.1. The molecule has 0 aliphatic carbocycles. The maximum absolute atomic E-state index is 13.1. The number of carbonyl (C=O) groups is 1. The minimum absolute atomic E-state index is 0.0157. The van der Waals surface area contributed by atoms with Gasteiger partial charge in [0.05, 0.1) is 13.2 Å². The predicted molar refractivity (Wildman–Crippen MR) is 75.9 cm³/mol. The Morgan fingerprint density at radius 2 is 1.95 bits per heavy atom. The molecule has 1 unspecified atom stereocenters. The summed E-state index contributed by atoms with van der Waals surface area (Å²) in [6.07, 6.45) is 3.97. The molecule has 1 heterocycles. The first-order valence-electron chi connectivity index (χ1n) is 7.19. The number of rotatable bonds is 4. The highest BCUT2D eigenvalue weighted by atomic mass is 19.1. The molecule has 1 aromatic carbocycles. The summed E-state index contributed by atoms with van der Waals surface area (Å²) in [4.78, 5) is 13.9. The minimum Gasteiger partial charge on any atom is -0.395 e. The van der Waals surface area contributed by atoms with Gasteiger partial charge in [0.15, 0.2) is 0 Å². The first kappa shape index (κ1) is 15.9. The maximum atomic E-state index is 13.1. The van der Waals surface area contributed by atoms with Crippen molar-refractivity contribution in [3.63, 3.8) is 0 Å². The number of anilines is 1. The van der Waals surface area contributed by atoms with E-state index in [9.17, 15) is 18.7 Å². The average molecular weight is 298 g/mol. The molecule has 116 valence electrons. The van der Waals surface area contributed by atoms with Gasteiger partial charge in [-0.2, -0.15) is 0 Å². The number of benzene rings is 1. The van der Waals surface area contributed by atoms with Crippen LogP contribution in [0.2, 0.25) is 0 Å². The van der Waals surface area contributed by atoms with E-state index >= 15 is 0 Å². The Morgan fingerprint density at radius 1 is 1.24 bits per heavy atom. The quantitative estimate of drug-likeness (QED) is 0.895. The number of amides is 1. The summed E-state index contributed by atoms with van der Waals surface area (Å²) in [5, 5.41) is 11.9. The number of aliphatic hydroxyl groups excluding tert-OH is 1. The van der Waals surface area contributed by atoms with E-state index in [0.29, 0.717) is 0 Å². The standard InChI is InChI=1S/C15H20F2N2O2/c16-11-6-12(17)8-13(7-11)18-15(21)9-19-5-3-1-2-4-14(19)10-20/h6-8,14,20H,1-5,9-10H2,(H,18,21). The Hall–Kier alpha value is -1.53. The molecule has 2 rings (SSSR count). The van der Waals surface area contributed by atoms with Crippen molar-refractivity contribution >= 4 is 11.6 Å². The van der Waals surface area contributed by atoms with Crippen LogP contribution < -0.4 is 5.32 Å². The molecule has 1 aliphatic rings. The van der Waals surface area contributed by atoms with Gasteiger partial charge in [0.25, 0.3) is 0 Å². The van der Waals surface area contributed by atoms with E-state index in [4.69, 9.17) is 0 Å². The normalized spacial score (nSPS) is 20.0. The lowest BCUT2D eigenvalue weighted by molar-refractivity contribution is -0.118. The van der Waals surface area contributed by atoms with E-state index in [1.165, 1.54) is 0 Å². The lowest BCUT2D eigenvalue weighted by atomic mass is 10.1. The van der Waals surface area contributed by atoms with Gasteiger partial charge in [-0.25, -0.2) is 8.78 Å². The van der Waals surface area contributed by atoms with E-state index in [-0.39, 0.29) is 30.8 Å². The van der Waals surface area contributed by atoms with Crippen LogP contribution >= 0.6 is 0 Å². The zero-order valence-corrected chi connectivity index (χ0v) is 11.8. The van der Waals surface area contributed by atoms with Gasteiger partial charge in [-0.15, -0.1) is 0 Å². The van der Waals surface area contributed by atoms with E-state index < -0.39 is 11.6 Å². The second-order valence-electron chi connectivity index (χ2n) is 5.36. The van der Waals surface area contributed by atoms with Crippen LogP contribution in [0.5, 0.6) is 0 Å². The number of hydrogen-bond donors (Lipinski definition) is 2. The molecular formula is C15H20F2N2O2. The van der Waals surface area contributed by atoms with E-state index in [1.807, 2.05) is 4.90 Å². The van der Waals surface area contributed by atoms with Crippen molar-refractivity contribution in [3.8, 4) is 0 Å². The zero-order valence-electron chi connectivity index (χ0n) is 11.8. The Kier molecular flexibility index (Phi) is 5.64. The van der Waals surface area contributed by atoms with Crippen molar-refractivity contribution in [2.75, 3.05) is 25.0 Å². The summed E-state index contributed by atoms with van der Waals surface area (Å²) >= 11 is 0. The molecule has 4 nitrogen and oxygen atoms in total. The topological polar surface area (TPSA) is 52.6 Å². The molecule has 1 saturated heterocycles. The van der Waals surface area contributed by atoms with Crippen LogP contribution in [0.4, 0.5) is 14.5 Å². The van der Waals surface area contributed by atoms with Crippen molar-refractivity contribution in [1.82, 2.24) is 4.90 Å². The minimum atomic E-state index is -0.728. The van der Waals surface area contributed by atoms with Crippen LogP contribution in [-0.4, -0.2) is 41.7 Å². The van der Waals surface area contributed by atoms with Crippen LogP contribution in [0.1, 0.15) is 25.7 Å². The molecular weight excluding hydrogens is 278 g/mol. The molecule has 2 N–H and O–H groups in total. The van der Waals surface area contributed by atoms with Crippen molar-refractivity contribution in [2.24, 2.45) is 0 Å². The van der Waals surface area contributed by atoms with Crippen LogP contribution in [0.3, 0.4) is 0 Å². The van der Waals surface area contributed by atoms with Gasteiger partial charge in [0, 0.05) is 17.8 Å². The molecule has 0 spiro atoms. The molecule has 1 amide bonds. The van der Waals surface area contributed by atoms with Crippen LogP contribution in [0.15, 0.2) is 18.2 Å². The van der Waals surface area contributed by atoms with Gasteiger partial charge in [-0.05, 0) is 31.5 Å². The highest BCUT2D eigenvalue weighted by molar-refractivity contribution is 5.92. The lowest BCUT2D eigenvalue weighted by Gasteiger charge is -2.27. The second kappa shape index (κ2) is 7.47. The molecule has 1 aliphatic heterocycles. The number of likely N-dealkylation sites (tertiary alicyclic amines) is 1. The fourth-order valence-electron chi connectivity index (χ4n) is 2.66. The van der Waals surface area contributed by atoms with Gasteiger partial charge < -0.3 is 10.4 Å². The monoisotopic (exact) mass is 298 g/mol. The molecule has 0 bridgehead atoms. The third-order valence-electron chi connectivity index (χ3n) is 3.70. The Balaban J connectivity index is 1.96. The first-order valence-corrected chi connectivity index (χ1v) is 7.19. The van der Waals surface area contributed by atoms with Crippen molar-refractivity contribution in [1.29, 1.82) is 0 Å². The Morgan fingerprint density at radius 3 is 2.62 bits per heavy atom. The molecule has 0 saturated carbocycles. The Bertz CT molecular complexity index is 476. The molecule has 0 aromatic heterocycles. The third-order valence-corrected chi connectivity index (χ3v) is 3.70. The highest BCUT2D eigenvalue weighted by Gasteiger charge is 2.22. The summed E-state index contributed by atoms with van der Waals surface area (Å²) in [5.41, 5.74) is 0.105. The van der Waals surface area contributed by atoms with E-state index in [1.54, 1.807) is 0 Å². The van der Waals surface area contributed by atoms with Gasteiger partial charge in [0.2, 0.25) is 5.91 Å². The van der Waals surface area contributed by atoms with Gasteiger partial charge >= 0.3 is 0 Å². The second-order valence-corrected chi connectivity index (χ2v) is 5.36. The number of halogens is 2. The number of aliphatic hydroxyl groups is 1. The smallest absolute Gasteiger partial charge is 0.238 e. The number of nitrogens with zero attached hydrogens (tertiary/aromatic N) is 1. The number of carbonyl (C=O) groups excluding carboxylic acids is 1. The summed E-state index contributed by atoms with van der Waals surface area (Å²) in [6, 6.07) is 2.88. The van der Waals surface area contributed by atoms with Crippen molar-refractivity contribution in [3.05, 3.63) is 29.8 Å². The molecule has 1 atom stereocenters. The lowest BCUT2D eigenvalue weighted by Crippen LogP contribution is -2.42. The summed E-state index contributed by atoms with van der Waals surface area (Å²) in [7, 11) is 0. The number of nitrogens with one attached hydrogen (secondary N) is 1. The highest BCUT2D eigenvalue weighted by Crippen LogP contribution is 2.17. The Labute approximate surface area is 122 Å². The van der Waals surface area contributed by atoms with Crippen LogP contribution in [0.25, 0.3) is 0 Å². The molecule has 1 aromatic rings. The van der Waals surface area contributed by atoms with E-state index in [0.717, 1.165) is 50.4 Å². The SMILES string of the molecule is O=C(CN1CCCCCC1CO)Nc1cc(F)cc(F)c1. The maximum Gasteiger partial charge on any atom is 0.238 e. The van der Waals surface area contributed by atoms with Crippen LogP contribution in [-0.2, 0) is 4.79 Å². The van der Waals surface area contributed by atoms with Gasteiger partial charge in [-0.1, -0.05) is 12.8 Å². The molecule has 0 radical (unpaired) electrons. The number of hydrogen-bond acceptors (Lipinski definition) is 3. The summed E-state index contributed by atoms with van der Waals surface area (Å²) in [6.45, 7) is 0.876. The van der Waals surface area contributed by atoms with Gasteiger partial charge in [-0.3, -0.25) is 9.69 Å². The van der Waals surface area contributed by atoms with Crippen molar-refractivity contribution in [2.45, 2.75) is 31.7 Å². The van der Waals surface area contributed by atoms with Crippen LogP contribution in [0, 0.1) is 11.6 Å². The summed E-state index contributed by atoms with van der Waals surface area (Å²) in [5.74, 6) is -1.79. The molecule has 6 heteroatoms. The van der Waals surface area contributed by atoms with E-state index in [2.05, 4.69) is 5.32 Å². The third kappa shape index (κ3) is 4.75. The summed E-state index contributed by atoms with van der Waals surface area (Å²) < 4.78 is 26.1. The zero-order chi connectivity index (χ0) is 15.2. The molecule has 21 heavy (non-hydrogen) atoms. The fraction of sp³-hybridized carbons (Fsp3) is 0.533. The van der Waals surface area contributed by atoms with Crippen molar-refractivity contribution < 1.29 is 18.7 Å². The molecule has 1 fully saturated rings. The van der Waals surface area contributed by atoms with Gasteiger partial charge in [0.1, 0.15) is 11.6 Å². The fourth-order valence-corrected chi connectivity index (χ4v) is 2.66. The average Bonchev–Trinajstić information content (AvgIpc) is 2.62. The predicted octanol–water partition coefficient (Wildman–Crippen LogP) is 2.14.